The Morgan fingerprint density at radius 3 is 2.58 bits per heavy atom. The minimum Gasteiger partial charge on any atom is -0.379 e. The van der Waals surface area contributed by atoms with Gasteiger partial charge in [0.25, 0.3) is 0 Å². The fraction of sp³-hybridized carbons (Fsp3) is 0.440. The van der Waals surface area contributed by atoms with Crippen molar-refractivity contribution >= 4 is 5.82 Å². The van der Waals surface area contributed by atoms with E-state index in [0.29, 0.717) is 17.9 Å². The van der Waals surface area contributed by atoms with Crippen LogP contribution in [-0.4, -0.2) is 51.8 Å². The van der Waals surface area contributed by atoms with Gasteiger partial charge in [-0.1, -0.05) is 36.4 Å². The zero-order valence-electron chi connectivity index (χ0n) is 18.1. The maximum Gasteiger partial charge on any atom is 0.126 e. The van der Waals surface area contributed by atoms with Crippen LogP contribution >= 0.6 is 0 Å². The van der Waals surface area contributed by atoms with Gasteiger partial charge in [0.15, 0.2) is 0 Å². The number of hydrogen-bond donors (Lipinski definition) is 1. The molecule has 1 saturated carbocycles. The van der Waals surface area contributed by atoms with Crippen LogP contribution in [0.25, 0.3) is 0 Å². The van der Waals surface area contributed by atoms with Gasteiger partial charge < -0.3 is 14.6 Å². The maximum atomic E-state index is 5.89. The Hall–Kier alpha value is -2.70. The van der Waals surface area contributed by atoms with E-state index < -0.39 is 0 Å². The Labute approximate surface area is 184 Å². The Kier molecular flexibility index (Phi) is 6.00. The molecule has 0 amide bonds. The standard InChI is InChI=1S/C25H31N5O/c1-31-24-12-21-16-29(15-20(21)11-23(24)28-25-9-5-6-10-27-25)17-22-13-26-18-30(22)14-19-7-3-2-4-8-19/h2-10,13,18,20-21,23-24H,11-12,14-17H2,1H3,(H,27,28)/t20-,21+,23-,24-/m1/s1. The molecule has 0 bridgehead atoms. The molecule has 4 atom stereocenters. The molecule has 1 N–H and O–H groups in total. The van der Waals surface area contributed by atoms with Gasteiger partial charge in [-0.15, -0.1) is 0 Å². The van der Waals surface area contributed by atoms with E-state index in [4.69, 9.17) is 4.74 Å². The third kappa shape index (κ3) is 4.65. The molecule has 1 aliphatic carbocycles. The fourth-order valence-electron chi connectivity index (χ4n) is 5.32. The first-order valence-electron chi connectivity index (χ1n) is 11.2. The number of ether oxygens (including phenoxy) is 1. The number of nitrogens with one attached hydrogen (secondary N) is 1. The predicted octanol–water partition coefficient (Wildman–Crippen LogP) is 3.66. The molecule has 1 saturated heterocycles. The van der Waals surface area contributed by atoms with E-state index in [0.717, 1.165) is 44.8 Å². The van der Waals surface area contributed by atoms with Gasteiger partial charge in [0, 0.05) is 45.7 Å². The third-order valence-electron chi connectivity index (χ3n) is 6.87. The molecule has 1 aromatic carbocycles. The molecule has 0 spiro atoms. The Bertz CT molecular complexity index is 960. The molecular weight excluding hydrogens is 386 g/mol. The van der Waals surface area contributed by atoms with Gasteiger partial charge in [-0.2, -0.15) is 0 Å². The Balaban J connectivity index is 1.22. The summed E-state index contributed by atoms with van der Waals surface area (Å²) < 4.78 is 8.17. The molecule has 2 fully saturated rings. The van der Waals surface area contributed by atoms with Gasteiger partial charge >= 0.3 is 0 Å². The lowest BCUT2D eigenvalue weighted by atomic mass is 9.77. The van der Waals surface area contributed by atoms with Gasteiger partial charge in [-0.3, -0.25) is 4.90 Å². The normalized spacial score (nSPS) is 26.0. The van der Waals surface area contributed by atoms with E-state index in [1.54, 1.807) is 0 Å². The van der Waals surface area contributed by atoms with Gasteiger partial charge in [0.2, 0.25) is 0 Å². The van der Waals surface area contributed by atoms with Crippen molar-refractivity contribution in [3.05, 3.63) is 78.5 Å². The molecule has 6 heteroatoms. The second kappa shape index (κ2) is 9.20. The second-order valence-electron chi connectivity index (χ2n) is 8.92. The maximum absolute atomic E-state index is 5.89. The number of aromatic nitrogens is 3. The topological polar surface area (TPSA) is 55.2 Å². The summed E-state index contributed by atoms with van der Waals surface area (Å²) in [6.07, 6.45) is 8.27. The number of anilines is 1. The van der Waals surface area contributed by atoms with Crippen molar-refractivity contribution in [3.63, 3.8) is 0 Å². The van der Waals surface area contributed by atoms with Crippen molar-refractivity contribution in [3.8, 4) is 0 Å². The molecule has 2 aliphatic rings. The van der Waals surface area contributed by atoms with E-state index >= 15 is 0 Å². The summed E-state index contributed by atoms with van der Waals surface area (Å²) in [5.74, 6) is 2.32. The summed E-state index contributed by atoms with van der Waals surface area (Å²) in [5, 5.41) is 3.62. The van der Waals surface area contributed by atoms with Gasteiger partial charge in [0.05, 0.1) is 24.2 Å². The molecule has 3 heterocycles. The fourth-order valence-corrected chi connectivity index (χ4v) is 5.32. The van der Waals surface area contributed by atoms with E-state index in [-0.39, 0.29) is 6.10 Å². The number of rotatable bonds is 7. The lowest BCUT2D eigenvalue weighted by molar-refractivity contribution is 0.0304. The van der Waals surface area contributed by atoms with Crippen LogP contribution in [0.5, 0.6) is 0 Å². The van der Waals surface area contributed by atoms with Gasteiger partial charge in [-0.05, 0) is 42.4 Å². The van der Waals surface area contributed by atoms with Gasteiger partial charge in [0.1, 0.15) is 5.82 Å². The molecule has 162 valence electrons. The van der Waals surface area contributed by atoms with Crippen LogP contribution < -0.4 is 5.32 Å². The Morgan fingerprint density at radius 1 is 1.00 bits per heavy atom. The van der Waals surface area contributed by atoms with Crippen molar-refractivity contribution in [1.29, 1.82) is 0 Å². The lowest BCUT2D eigenvalue weighted by Gasteiger charge is -2.37. The van der Waals surface area contributed by atoms with E-state index in [1.807, 2.05) is 44.0 Å². The minimum absolute atomic E-state index is 0.229. The number of pyridine rings is 1. The molecule has 5 rings (SSSR count). The highest BCUT2D eigenvalue weighted by Gasteiger charge is 2.42. The quantitative estimate of drug-likeness (QED) is 0.636. The van der Waals surface area contributed by atoms with Crippen LogP contribution in [0.15, 0.2) is 67.3 Å². The molecule has 3 aromatic rings. The summed E-state index contributed by atoms with van der Waals surface area (Å²) in [5.41, 5.74) is 2.59. The first kappa shape index (κ1) is 20.2. The minimum atomic E-state index is 0.229. The van der Waals surface area contributed by atoms with Crippen LogP contribution in [0.3, 0.4) is 0 Å². The number of benzene rings is 1. The number of fused-ring (bicyclic) bond motifs is 1. The zero-order valence-corrected chi connectivity index (χ0v) is 18.1. The Morgan fingerprint density at radius 2 is 1.81 bits per heavy atom. The SMILES string of the molecule is CO[C@@H]1C[C@H]2CN(Cc3cncn3Cc3ccccc3)C[C@H]2C[C@H]1Nc1ccccn1. The molecule has 31 heavy (non-hydrogen) atoms. The smallest absolute Gasteiger partial charge is 0.126 e. The molecule has 0 radical (unpaired) electrons. The highest BCUT2D eigenvalue weighted by Crippen LogP contribution is 2.38. The van der Waals surface area contributed by atoms with E-state index in [2.05, 4.69) is 55.1 Å². The van der Waals surface area contributed by atoms with E-state index in [1.165, 1.54) is 11.3 Å². The van der Waals surface area contributed by atoms with Crippen LogP contribution in [0.2, 0.25) is 0 Å². The lowest BCUT2D eigenvalue weighted by Crippen LogP contribution is -2.44. The predicted molar refractivity (Wildman–Crippen MR) is 122 cm³/mol. The molecule has 6 nitrogen and oxygen atoms in total. The van der Waals surface area contributed by atoms with Gasteiger partial charge in [-0.25, -0.2) is 9.97 Å². The largest absolute Gasteiger partial charge is 0.379 e. The number of hydrogen-bond acceptors (Lipinski definition) is 5. The zero-order chi connectivity index (χ0) is 21.0. The monoisotopic (exact) mass is 417 g/mol. The number of imidazole rings is 1. The highest BCUT2D eigenvalue weighted by atomic mass is 16.5. The van der Waals surface area contributed by atoms with Crippen molar-refractivity contribution in [2.24, 2.45) is 11.8 Å². The van der Waals surface area contributed by atoms with Crippen molar-refractivity contribution in [1.82, 2.24) is 19.4 Å². The van der Waals surface area contributed by atoms with Crippen molar-refractivity contribution < 1.29 is 4.74 Å². The third-order valence-corrected chi connectivity index (χ3v) is 6.87. The second-order valence-corrected chi connectivity index (χ2v) is 8.92. The average Bonchev–Trinajstić information content (AvgIpc) is 3.40. The number of nitrogens with zero attached hydrogens (tertiary/aromatic N) is 4. The highest BCUT2D eigenvalue weighted by molar-refractivity contribution is 5.35. The van der Waals surface area contributed by atoms with Crippen LogP contribution in [0, 0.1) is 11.8 Å². The summed E-state index contributed by atoms with van der Waals surface area (Å²) in [6, 6.07) is 16.9. The summed E-state index contributed by atoms with van der Waals surface area (Å²) in [4.78, 5) is 11.5. The summed E-state index contributed by atoms with van der Waals surface area (Å²) in [6.45, 7) is 4.10. The number of likely N-dealkylation sites (tertiary alicyclic amines) is 1. The van der Waals surface area contributed by atoms with Crippen molar-refractivity contribution in [2.75, 3.05) is 25.5 Å². The summed E-state index contributed by atoms with van der Waals surface area (Å²) in [7, 11) is 1.84. The molecule has 1 aliphatic heterocycles. The molecule has 0 unspecified atom stereocenters. The van der Waals surface area contributed by atoms with Crippen LogP contribution in [-0.2, 0) is 17.8 Å². The van der Waals surface area contributed by atoms with Crippen LogP contribution in [0.4, 0.5) is 5.82 Å². The van der Waals surface area contributed by atoms with E-state index in [9.17, 15) is 0 Å². The summed E-state index contributed by atoms with van der Waals surface area (Å²) >= 11 is 0. The first-order chi connectivity index (χ1) is 15.3. The first-order valence-corrected chi connectivity index (χ1v) is 11.2. The van der Waals surface area contributed by atoms with Crippen molar-refractivity contribution in [2.45, 2.75) is 38.1 Å². The number of methoxy groups -OCH3 is 1. The molecule has 2 aromatic heterocycles. The average molecular weight is 418 g/mol. The molecular formula is C25H31N5O. The van der Waals surface area contributed by atoms with Crippen LogP contribution in [0.1, 0.15) is 24.1 Å².